The Labute approximate surface area is 153 Å². The lowest BCUT2D eigenvalue weighted by Gasteiger charge is -2.21. The molecule has 1 saturated carbocycles. The summed E-state index contributed by atoms with van der Waals surface area (Å²) in [6, 6.07) is 0. The molecule has 0 aromatic rings. The predicted molar refractivity (Wildman–Crippen MR) is 104 cm³/mol. The first-order valence-corrected chi connectivity index (χ1v) is 9.85. The fraction of sp³-hybridized carbons (Fsp3) is 0.895. The van der Waals surface area contributed by atoms with Crippen molar-refractivity contribution in [1.82, 2.24) is 16.0 Å². The van der Waals surface area contributed by atoms with E-state index in [0.717, 1.165) is 32.1 Å². The van der Waals surface area contributed by atoms with Crippen molar-refractivity contribution >= 4 is 11.9 Å². The standard InChI is InChI=1S/C19H38N4O2/c1-5-20-18(23-14-13-21-17(24)19(2,3)4)22-12-9-15-25-16-10-7-6-8-11-16/h16H,5-15H2,1-4H3,(H,21,24)(H2,20,22,23). The number of guanidine groups is 1. The summed E-state index contributed by atoms with van der Waals surface area (Å²) in [4.78, 5) is 16.4. The Kier molecular flexibility index (Phi) is 10.5. The Morgan fingerprint density at radius 1 is 1.08 bits per heavy atom. The van der Waals surface area contributed by atoms with Crippen molar-refractivity contribution in [2.24, 2.45) is 10.4 Å². The third-order valence-corrected chi connectivity index (χ3v) is 4.21. The molecule has 0 bridgehead atoms. The van der Waals surface area contributed by atoms with Crippen LogP contribution in [0, 0.1) is 5.41 Å². The molecule has 146 valence electrons. The zero-order valence-corrected chi connectivity index (χ0v) is 16.6. The summed E-state index contributed by atoms with van der Waals surface area (Å²) < 4.78 is 5.92. The molecule has 0 aromatic heterocycles. The Bertz CT molecular complexity index is 399. The van der Waals surface area contributed by atoms with Crippen LogP contribution in [0.1, 0.15) is 66.2 Å². The van der Waals surface area contributed by atoms with Gasteiger partial charge in [-0.1, -0.05) is 40.0 Å². The van der Waals surface area contributed by atoms with Gasteiger partial charge < -0.3 is 20.7 Å². The van der Waals surface area contributed by atoms with Gasteiger partial charge in [0.25, 0.3) is 0 Å². The molecule has 0 heterocycles. The number of hydrogen-bond acceptors (Lipinski definition) is 3. The molecule has 25 heavy (non-hydrogen) atoms. The van der Waals surface area contributed by atoms with Crippen LogP contribution in [0.3, 0.4) is 0 Å². The molecule has 0 radical (unpaired) electrons. The molecule has 1 aliphatic rings. The number of nitrogens with zero attached hydrogens (tertiary/aromatic N) is 1. The van der Waals surface area contributed by atoms with Crippen molar-refractivity contribution < 1.29 is 9.53 Å². The minimum Gasteiger partial charge on any atom is -0.378 e. The van der Waals surface area contributed by atoms with Crippen LogP contribution in [0.15, 0.2) is 4.99 Å². The lowest BCUT2D eigenvalue weighted by Crippen LogP contribution is -2.43. The Morgan fingerprint density at radius 3 is 2.40 bits per heavy atom. The van der Waals surface area contributed by atoms with Crippen LogP contribution in [0.25, 0.3) is 0 Å². The fourth-order valence-electron chi connectivity index (χ4n) is 2.70. The van der Waals surface area contributed by atoms with Gasteiger partial charge in [0.1, 0.15) is 0 Å². The summed E-state index contributed by atoms with van der Waals surface area (Å²) in [5.74, 6) is 0.862. The van der Waals surface area contributed by atoms with Gasteiger partial charge >= 0.3 is 0 Å². The SMILES string of the molecule is CCNC(=NCCCOC1CCCCC1)NCCNC(=O)C(C)(C)C. The molecule has 0 aliphatic heterocycles. The molecule has 1 aliphatic carbocycles. The number of ether oxygens (including phenoxy) is 1. The number of nitrogens with one attached hydrogen (secondary N) is 3. The highest BCUT2D eigenvalue weighted by Gasteiger charge is 2.20. The summed E-state index contributed by atoms with van der Waals surface area (Å²) in [5.41, 5.74) is -0.350. The van der Waals surface area contributed by atoms with Gasteiger partial charge in [0.2, 0.25) is 5.91 Å². The minimum absolute atomic E-state index is 0.0658. The van der Waals surface area contributed by atoms with Gasteiger partial charge in [0.05, 0.1) is 6.10 Å². The number of carbonyl (C=O) groups excluding carboxylic acids is 1. The maximum atomic E-state index is 11.8. The second-order valence-corrected chi connectivity index (χ2v) is 7.68. The second kappa shape index (κ2) is 12.1. The Morgan fingerprint density at radius 2 is 1.76 bits per heavy atom. The van der Waals surface area contributed by atoms with Gasteiger partial charge in [0.15, 0.2) is 5.96 Å². The van der Waals surface area contributed by atoms with Crippen molar-refractivity contribution in [3.05, 3.63) is 0 Å². The average Bonchev–Trinajstić information content (AvgIpc) is 2.58. The van der Waals surface area contributed by atoms with Gasteiger partial charge in [-0.25, -0.2) is 0 Å². The first-order chi connectivity index (χ1) is 11.9. The fourth-order valence-corrected chi connectivity index (χ4v) is 2.70. The van der Waals surface area contributed by atoms with Crippen LogP contribution in [-0.2, 0) is 9.53 Å². The zero-order valence-electron chi connectivity index (χ0n) is 16.6. The van der Waals surface area contributed by atoms with Crippen LogP contribution < -0.4 is 16.0 Å². The van der Waals surface area contributed by atoms with Crippen molar-refractivity contribution in [3.8, 4) is 0 Å². The molecular formula is C19H38N4O2. The van der Waals surface area contributed by atoms with Crippen LogP contribution in [0.5, 0.6) is 0 Å². The topological polar surface area (TPSA) is 74.8 Å². The van der Waals surface area contributed by atoms with Gasteiger partial charge in [0, 0.05) is 38.2 Å². The normalized spacial score (nSPS) is 16.6. The molecule has 0 spiro atoms. The molecule has 0 saturated heterocycles. The lowest BCUT2D eigenvalue weighted by molar-refractivity contribution is -0.128. The molecule has 1 rings (SSSR count). The van der Waals surface area contributed by atoms with Gasteiger partial charge in [-0.15, -0.1) is 0 Å². The number of aliphatic imine (C=N–C) groups is 1. The summed E-state index contributed by atoms with van der Waals surface area (Å²) in [6.07, 6.45) is 7.81. The summed E-state index contributed by atoms with van der Waals surface area (Å²) >= 11 is 0. The van der Waals surface area contributed by atoms with Gasteiger partial charge in [-0.2, -0.15) is 0 Å². The number of rotatable bonds is 9. The third kappa shape index (κ3) is 10.3. The van der Waals surface area contributed by atoms with Crippen LogP contribution in [0.2, 0.25) is 0 Å². The molecule has 1 amide bonds. The Balaban J connectivity index is 2.16. The van der Waals surface area contributed by atoms with Crippen molar-refractivity contribution in [2.75, 3.05) is 32.8 Å². The zero-order chi connectivity index (χ0) is 18.5. The summed E-state index contributed by atoms with van der Waals surface area (Å²) in [6.45, 7) is 11.4. The molecular weight excluding hydrogens is 316 g/mol. The number of carbonyl (C=O) groups is 1. The van der Waals surface area contributed by atoms with Crippen molar-refractivity contribution in [3.63, 3.8) is 0 Å². The minimum atomic E-state index is -0.350. The highest BCUT2D eigenvalue weighted by atomic mass is 16.5. The van der Waals surface area contributed by atoms with Crippen molar-refractivity contribution in [2.45, 2.75) is 72.3 Å². The van der Waals surface area contributed by atoms with E-state index in [-0.39, 0.29) is 11.3 Å². The Hall–Kier alpha value is -1.30. The maximum absolute atomic E-state index is 11.8. The van der Waals surface area contributed by atoms with E-state index in [2.05, 4.69) is 20.9 Å². The highest BCUT2D eigenvalue weighted by molar-refractivity contribution is 5.81. The highest BCUT2D eigenvalue weighted by Crippen LogP contribution is 2.20. The largest absolute Gasteiger partial charge is 0.378 e. The molecule has 0 unspecified atom stereocenters. The van der Waals surface area contributed by atoms with E-state index in [1.807, 2.05) is 27.7 Å². The first kappa shape index (κ1) is 21.7. The predicted octanol–water partition coefficient (Wildman–Crippen LogP) is 2.44. The molecule has 6 heteroatoms. The number of hydrogen-bond donors (Lipinski definition) is 3. The molecule has 1 fully saturated rings. The summed E-state index contributed by atoms with van der Waals surface area (Å²) in [7, 11) is 0. The van der Waals surface area contributed by atoms with Crippen LogP contribution in [0.4, 0.5) is 0 Å². The maximum Gasteiger partial charge on any atom is 0.225 e. The molecule has 0 aromatic carbocycles. The lowest BCUT2D eigenvalue weighted by atomic mass is 9.96. The summed E-state index contributed by atoms with van der Waals surface area (Å²) in [5, 5.41) is 9.41. The third-order valence-electron chi connectivity index (χ3n) is 4.21. The smallest absolute Gasteiger partial charge is 0.225 e. The van der Waals surface area contributed by atoms with Gasteiger partial charge in [-0.05, 0) is 26.2 Å². The van der Waals surface area contributed by atoms with E-state index >= 15 is 0 Å². The number of amides is 1. The molecule has 3 N–H and O–H groups in total. The van der Waals surface area contributed by atoms with Crippen LogP contribution in [-0.4, -0.2) is 50.8 Å². The van der Waals surface area contributed by atoms with E-state index in [4.69, 9.17) is 4.74 Å². The van der Waals surface area contributed by atoms with E-state index in [1.54, 1.807) is 0 Å². The quantitative estimate of drug-likeness (QED) is 0.338. The van der Waals surface area contributed by atoms with Crippen LogP contribution >= 0.6 is 0 Å². The van der Waals surface area contributed by atoms with Crippen molar-refractivity contribution in [1.29, 1.82) is 0 Å². The molecule has 0 atom stereocenters. The molecule has 6 nitrogen and oxygen atoms in total. The van der Waals surface area contributed by atoms with E-state index in [9.17, 15) is 4.79 Å². The second-order valence-electron chi connectivity index (χ2n) is 7.68. The van der Waals surface area contributed by atoms with E-state index in [1.165, 1.54) is 32.1 Å². The van der Waals surface area contributed by atoms with E-state index < -0.39 is 0 Å². The monoisotopic (exact) mass is 354 g/mol. The van der Waals surface area contributed by atoms with Gasteiger partial charge in [-0.3, -0.25) is 9.79 Å². The van der Waals surface area contributed by atoms with E-state index in [0.29, 0.717) is 19.2 Å². The average molecular weight is 355 g/mol. The first-order valence-electron chi connectivity index (χ1n) is 9.85.